The Morgan fingerprint density at radius 2 is 1.82 bits per heavy atom. The Morgan fingerprint density at radius 1 is 1.18 bits per heavy atom. The van der Waals surface area contributed by atoms with Gasteiger partial charge in [0.25, 0.3) is 0 Å². The zero-order valence-corrected chi connectivity index (χ0v) is 13.3. The number of carbonyl (C=O) groups is 1. The fourth-order valence-electron chi connectivity index (χ4n) is 2.32. The molecule has 0 fully saturated rings. The number of rotatable bonds is 10. The summed E-state index contributed by atoms with van der Waals surface area (Å²) in [4.78, 5) is 11.9. The van der Waals surface area contributed by atoms with E-state index in [1.165, 1.54) is 12.8 Å². The third kappa shape index (κ3) is 6.45. The number of aliphatic hydroxyl groups is 2. The van der Waals surface area contributed by atoms with E-state index in [0.29, 0.717) is 17.7 Å². The molecular formula is C17H28N2O3. The Bertz CT molecular complexity index is 434. The zero-order chi connectivity index (χ0) is 16.4. The summed E-state index contributed by atoms with van der Waals surface area (Å²) >= 11 is 0. The van der Waals surface area contributed by atoms with Crippen molar-refractivity contribution in [3.05, 3.63) is 29.8 Å². The van der Waals surface area contributed by atoms with Crippen LogP contribution < -0.4 is 11.1 Å². The molecule has 5 heteroatoms. The van der Waals surface area contributed by atoms with Crippen molar-refractivity contribution < 1.29 is 15.0 Å². The lowest BCUT2D eigenvalue weighted by molar-refractivity contribution is -0.123. The summed E-state index contributed by atoms with van der Waals surface area (Å²) in [6.07, 6.45) is 4.85. The highest BCUT2D eigenvalue weighted by Gasteiger charge is 2.21. The minimum Gasteiger partial charge on any atom is -0.399 e. The molecule has 1 rings (SSSR count). The first-order valence-electron chi connectivity index (χ1n) is 8.02. The Kier molecular flexibility index (Phi) is 8.55. The number of hydrogen-bond acceptors (Lipinski definition) is 4. The van der Waals surface area contributed by atoms with Gasteiger partial charge in [-0.3, -0.25) is 4.79 Å². The third-order valence-corrected chi connectivity index (χ3v) is 3.71. The van der Waals surface area contributed by atoms with E-state index in [2.05, 4.69) is 12.2 Å². The van der Waals surface area contributed by atoms with E-state index in [1.807, 2.05) is 0 Å². The van der Waals surface area contributed by atoms with Crippen LogP contribution in [-0.2, 0) is 4.79 Å². The molecule has 0 heterocycles. The van der Waals surface area contributed by atoms with Crippen molar-refractivity contribution in [3.63, 3.8) is 0 Å². The van der Waals surface area contributed by atoms with Crippen LogP contribution >= 0.6 is 0 Å². The van der Waals surface area contributed by atoms with E-state index in [0.717, 1.165) is 19.3 Å². The molecule has 0 aromatic heterocycles. The predicted octanol–water partition coefficient (Wildman–Crippen LogP) is 2.14. The SMILES string of the molecule is CCCCCCCC(=O)NC(CO)C(O)c1ccc(N)cc1. The number of nitrogens with one attached hydrogen (secondary N) is 1. The van der Waals surface area contributed by atoms with Gasteiger partial charge in [0.1, 0.15) is 6.10 Å². The molecule has 0 aliphatic carbocycles. The molecule has 0 aliphatic rings. The van der Waals surface area contributed by atoms with Gasteiger partial charge in [0.05, 0.1) is 12.6 Å². The molecule has 0 saturated carbocycles. The Hall–Kier alpha value is -1.59. The van der Waals surface area contributed by atoms with Crippen LogP contribution in [0.2, 0.25) is 0 Å². The molecule has 124 valence electrons. The van der Waals surface area contributed by atoms with Gasteiger partial charge < -0.3 is 21.3 Å². The highest BCUT2D eigenvalue weighted by atomic mass is 16.3. The van der Waals surface area contributed by atoms with Gasteiger partial charge in [-0.2, -0.15) is 0 Å². The molecule has 0 bridgehead atoms. The van der Waals surface area contributed by atoms with Crippen molar-refractivity contribution in [1.82, 2.24) is 5.32 Å². The molecule has 1 aromatic carbocycles. The van der Waals surface area contributed by atoms with Gasteiger partial charge in [0, 0.05) is 12.1 Å². The molecule has 1 aromatic rings. The molecule has 0 aliphatic heterocycles. The van der Waals surface area contributed by atoms with Crippen LogP contribution in [-0.4, -0.2) is 28.8 Å². The molecule has 0 spiro atoms. The van der Waals surface area contributed by atoms with Gasteiger partial charge in [0.15, 0.2) is 0 Å². The lowest BCUT2D eigenvalue weighted by Gasteiger charge is -2.22. The van der Waals surface area contributed by atoms with E-state index in [4.69, 9.17) is 5.73 Å². The fraction of sp³-hybridized carbons (Fsp3) is 0.588. The number of amides is 1. The number of aliphatic hydroxyl groups excluding tert-OH is 2. The minimum atomic E-state index is -0.949. The third-order valence-electron chi connectivity index (χ3n) is 3.71. The van der Waals surface area contributed by atoms with E-state index in [1.54, 1.807) is 24.3 Å². The summed E-state index contributed by atoms with van der Waals surface area (Å²) in [6, 6.07) is 6.05. The standard InChI is InChI=1S/C17H28N2O3/c1-2-3-4-5-6-7-16(21)19-15(12-20)17(22)13-8-10-14(18)11-9-13/h8-11,15,17,20,22H,2-7,12,18H2,1H3,(H,19,21). The summed E-state index contributed by atoms with van der Waals surface area (Å²) in [5.41, 5.74) is 6.83. The van der Waals surface area contributed by atoms with Crippen LogP contribution in [0.3, 0.4) is 0 Å². The van der Waals surface area contributed by atoms with Gasteiger partial charge in [-0.05, 0) is 24.1 Å². The van der Waals surface area contributed by atoms with Gasteiger partial charge in [-0.1, -0.05) is 44.7 Å². The van der Waals surface area contributed by atoms with Crippen LogP contribution in [0.4, 0.5) is 5.69 Å². The van der Waals surface area contributed by atoms with E-state index >= 15 is 0 Å². The number of nitrogens with two attached hydrogens (primary N) is 1. The van der Waals surface area contributed by atoms with Gasteiger partial charge in [-0.25, -0.2) is 0 Å². The second-order valence-electron chi connectivity index (χ2n) is 5.63. The summed E-state index contributed by atoms with van der Waals surface area (Å²) in [5, 5.41) is 22.3. The Morgan fingerprint density at radius 3 is 2.41 bits per heavy atom. The Balaban J connectivity index is 2.43. The first-order chi connectivity index (χ1) is 10.6. The first kappa shape index (κ1) is 18.5. The highest BCUT2D eigenvalue weighted by molar-refractivity contribution is 5.76. The monoisotopic (exact) mass is 308 g/mol. The largest absolute Gasteiger partial charge is 0.399 e. The van der Waals surface area contributed by atoms with Crippen molar-refractivity contribution in [3.8, 4) is 0 Å². The van der Waals surface area contributed by atoms with Gasteiger partial charge in [0.2, 0.25) is 5.91 Å². The quantitative estimate of drug-likeness (QED) is 0.393. The number of anilines is 1. The molecule has 5 nitrogen and oxygen atoms in total. The molecule has 0 saturated heterocycles. The number of hydrogen-bond donors (Lipinski definition) is 4. The van der Waals surface area contributed by atoms with Crippen molar-refractivity contribution >= 4 is 11.6 Å². The topological polar surface area (TPSA) is 95.6 Å². The lowest BCUT2D eigenvalue weighted by atomic mass is 10.0. The second-order valence-corrected chi connectivity index (χ2v) is 5.63. The maximum atomic E-state index is 11.9. The summed E-state index contributed by atoms with van der Waals surface area (Å²) < 4.78 is 0. The lowest BCUT2D eigenvalue weighted by Crippen LogP contribution is -2.41. The first-order valence-corrected chi connectivity index (χ1v) is 8.02. The molecule has 22 heavy (non-hydrogen) atoms. The molecule has 0 radical (unpaired) electrons. The van der Waals surface area contributed by atoms with Crippen LogP contribution in [0.1, 0.15) is 57.1 Å². The molecule has 2 unspecified atom stereocenters. The van der Waals surface area contributed by atoms with E-state index in [9.17, 15) is 15.0 Å². The number of carbonyl (C=O) groups excluding carboxylic acids is 1. The van der Waals surface area contributed by atoms with Crippen molar-refractivity contribution in [2.24, 2.45) is 0 Å². The molecule has 1 amide bonds. The smallest absolute Gasteiger partial charge is 0.220 e. The maximum Gasteiger partial charge on any atom is 0.220 e. The number of nitrogen functional groups attached to an aromatic ring is 1. The molecular weight excluding hydrogens is 280 g/mol. The average molecular weight is 308 g/mol. The van der Waals surface area contributed by atoms with Gasteiger partial charge >= 0.3 is 0 Å². The van der Waals surface area contributed by atoms with Crippen LogP contribution in [0.25, 0.3) is 0 Å². The maximum absolute atomic E-state index is 11.9. The van der Waals surface area contributed by atoms with Crippen LogP contribution in [0, 0.1) is 0 Å². The van der Waals surface area contributed by atoms with Crippen molar-refractivity contribution in [2.45, 2.75) is 57.6 Å². The normalized spacial score (nSPS) is 13.6. The molecule has 5 N–H and O–H groups in total. The summed E-state index contributed by atoms with van der Waals surface area (Å²) in [5.74, 6) is -0.134. The summed E-state index contributed by atoms with van der Waals surface area (Å²) in [6.45, 7) is 1.84. The number of benzene rings is 1. The predicted molar refractivity (Wildman–Crippen MR) is 88.2 cm³/mol. The highest BCUT2D eigenvalue weighted by Crippen LogP contribution is 2.18. The second kappa shape index (κ2) is 10.2. The van der Waals surface area contributed by atoms with Gasteiger partial charge in [-0.15, -0.1) is 0 Å². The van der Waals surface area contributed by atoms with E-state index < -0.39 is 12.1 Å². The van der Waals surface area contributed by atoms with Crippen LogP contribution in [0.5, 0.6) is 0 Å². The zero-order valence-electron chi connectivity index (χ0n) is 13.3. The van der Waals surface area contributed by atoms with Crippen molar-refractivity contribution in [1.29, 1.82) is 0 Å². The van der Waals surface area contributed by atoms with Crippen LogP contribution in [0.15, 0.2) is 24.3 Å². The number of unbranched alkanes of at least 4 members (excludes halogenated alkanes) is 4. The van der Waals surface area contributed by atoms with Crippen molar-refractivity contribution in [2.75, 3.05) is 12.3 Å². The fourth-order valence-corrected chi connectivity index (χ4v) is 2.32. The van der Waals surface area contributed by atoms with E-state index in [-0.39, 0.29) is 12.5 Å². The average Bonchev–Trinajstić information content (AvgIpc) is 2.52. The molecule has 2 atom stereocenters. The Labute approximate surface area is 132 Å². The summed E-state index contributed by atoms with van der Waals surface area (Å²) in [7, 11) is 0. The minimum absolute atomic E-state index is 0.134.